The minimum absolute atomic E-state index is 0.0232. The molecule has 0 spiro atoms. The quantitative estimate of drug-likeness (QED) is 0.931. The second-order valence-corrected chi connectivity index (χ2v) is 6.75. The number of piperidine rings is 1. The molecule has 1 atom stereocenters. The van der Waals surface area contributed by atoms with Crippen LogP contribution in [0.2, 0.25) is 0 Å². The normalized spacial score (nSPS) is 23.1. The zero-order valence-electron chi connectivity index (χ0n) is 13.5. The van der Waals surface area contributed by atoms with Gasteiger partial charge in [0, 0.05) is 31.2 Å². The van der Waals surface area contributed by atoms with E-state index in [9.17, 15) is 9.90 Å². The van der Waals surface area contributed by atoms with Crippen molar-refractivity contribution in [3.8, 4) is 0 Å². The van der Waals surface area contributed by atoms with E-state index in [2.05, 4.69) is 32.1 Å². The van der Waals surface area contributed by atoms with Crippen LogP contribution >= 0.6 is 0 Å². The van der Waals surface area contributed by atoms with Crippen LogP contribution in [0.5, 0.6) is 0 Å². The van der Waals surface area contributed by atoms with Crippen molar-refractivity contribution in [3.63, 3.8) is 0 Å². The maximum atomic E-state index is 12.9. The van der Waals surface area contributed by atoms with Gasteiger partial charge in [0.2, 0.25) is 5.91 Å². The van der Waals surface area contributed by atoms with E-state index in [4.69, 9.17) is 0 Å². The van der Waals surface area contributed by atoms with Crippen molar-refractivity contribution in [2.45, 2.75) is 39.0 Å². The average Bonchev–Trinajstić information content (AvgIpc) is 2.92. The van der Waals surface area contributed by atoms with Gasteiger partial charge in [0.25, 0.3) is 0 Å². The molecule has 0 aromatic heterocycles. The van der Waals surface area contributed by atoms with Crippen LogP contribution in [0.1, 0.15) is 50.2 Å². The summed E-state index contributed by atoms with van der Waals surface area (Å²) in [6.07, 6.45) is 4.84. The Morgan fingerprint density at radius 3 is 2.59 bits per heavy atom. The summed E-state index contributed by atoms with van der Waals surface area (Å²) < 4.78 is 0. The van der Waals surface area contributed by atoms with Crippen LogP contribution in [-0.4, -0.2) is 35.6 Å². The summed E-state index contributed by atoms with van der Waals surface area (Å²) in [5.74, 6) is 0.353. The van der Waals surface area contributed by atoms with Crippen molar-refractivity contribution in [3.05, 3.63) is 41.0 Å². The van der Waals surface area contributed by atoms with Gasteiger partial charge in [0.05, 0.1) is 0 Å². The van der Waals surface area contributed by atoms with Gasteiger partial charge < -0.3 is 10.0 Å². The number of nitrogens with zero attached hydrogens (tertiary/aromatic N) is 1. The van der Waals surface area contributed by atoms with Crippen molar-refractivity contribution in [1.29, 1.82) is 0 Å². The molecular formula is C19H25NO2. The fourth-order valence-electron chi connectivity index (χ4n) is 3.73. The lowest BCUT2D eigenvalue weighted by molar-refractivity contribution is -0.130. The van der Waals surface area contributed by atoms with E-state index >= 15 is 0 Å². The van der Waals surface area contributed by atoms with Crippen LogP contribution in [0.4, 0.5) is 0 Å². The number of amides is 1. The Labute approximate surface area is 132 Å². The Balaban J connectivity index is 1.72. The lowest BCUT2D eigenvalue weighted by Gasteiger charge is -2.40. The second kappa shape index (κ2) is 5.88. The topological polar surface area (TPSA) is 40.5 Å². The molecule has 3 rings (SSSR count). The number of hydrogen-bond acceptors (Lipinski definition) is 2. The van der Waals surface area contributed by atoms with E-state index < -0.39 is 0 Å². The first-order chi connectivity index (χ1) is 10.6. The van der Waals surface area contributed by atoms with E-state index in [0.29, 0.717) is 0 Å². The molecule has 1 amide bonds. The van der Waals surface area contributed by atoms with E-state index in [1.165, 1.54) is 11.1 Å². The van der Waals surface area contributed by atoms with E-state index in [-0.39, 0.29) is 23.8 Å². The third-order valence-corrected chi connectivity index (χ3v) is 5.68. The highest BCUT2D eigenvalue weighted by molar-refractivity contribution is 6.01. The Hall–Kier alpha value is -1.61. The molecule has 1 heterocycles. The molecule has 1 aliphatic heterocycles. The summed E-state index contributed by atoms with van der Waals surface area (Å²) in [6.45, 7) is 5.99. The standard InChI is InChI=1S/C19H25NO2/c1-3-19(13-21)8-10-20(11-9-19)18(22)17-12-15-6-4-5-7-16(15)14(17)2/h4-7,12,14,21H,3,8-11,13H2,1-2H3. The summed E-state index contributed by atoms with van der Waals surface area (Å²) in [5, 5.41) is 9.62. The zero-order chi connectivity index (χ0) is 15.7. The number of carbonyl (C=O) groups excluding carboxylic acids is 1. The molecule has 2 aliphatic rings. The number of benzene rings is 1. The predicted molar refractivity (Wildman–Crippen MR) is 88.5 cm³/mol. The molecule has 1 unspecified atom stereocenters. The van der Waals surface area contributed by atoms with Gasteiger partial charge in [-0.1, -0.05) is 38.1 Å². The van der Waals surface area contributed by atoms with Gasteiger partial charge in [0.15, 0.2) is 0 Å². The minimum atomic E-state index is 0.0232. The van der Waals surface area contributed by atoms with Crippen LogP contribution < -0.4 is 0 Å². The zero-order valence-corrected chi connectivity index (χ0v) is 13.5. The third-order valence-electron chi connectivity index (χ3n) is 5.68. The summed E-state index contributed by atoms with van der Waals surface area (Å²) >= 11 is 0. The van der Waals surface area contributed by atoms with E-state index in [0.717, 1.165) is 37.9 Å². The van der Waals surface area contributed by atoms with Crippen LogP contribution in [0.25, 0.3) is 6.08 Å². The van der Waals surface area contributed by atoms with Crippen LogP contribution in [-0.2, 0) is 4.79 Å². The molecule has 1 aromatic carbocycles. The van der Waals surface area contributed by atoms with Crippen LogP contribution in [0.15, 0.2) is 29.8 Å². The highest BCUT2D eigenvalue weighted by Gasteiger charge is 2.36. The van der Waals surface area contributed by atoms with Crippen LogP contribution in [0.3, 0.4) is 0 Å². The Kier molecular flexibility index (Phi) is 4.09. The lowest BCUT2D eigenvalue weighted by Crippen LogP contribution is -2.45. The molecule has 0 bridgehead atoms. The summed E-state index contributed by atoms with van der Waals surface area (Å²) in [4.78, 5) is 14.8. The van der Waals surface area contributed by atoms with Gasteiger partial charge in [-0.25, -0.2) is 0 Å². The molecule has 1 N–H and O–H groups in total. The molecule has 3 heteroatoms. The molecular weight excluding hydrogens is 274 g/mol. The number of carbonyl (C=O) groups is 1. The van der Waals surface area contributed by atoms with Crippen molar-refractivity contribution >= 4 is 12.0 Å². The van der Waals surface area contributed by atoms with Crippen molar-refractivity contribution in [2.75, 3.05) is 19.7 Å². The third kappa shape index (κ3) is 2.48. The maximum Gasteiger partial charge on any atom is 0.250 e. The Bertz CT molecular complexity index is 591. The number of likely N-dealkylation sites (tertiary alicyclic amines) is 1. The van der Waals surface area contributed by atoms with Gasteiger partial charge in [-0.3, -0.25) is 4.79 Å². The summed E-state index contributed by atoms with van der Waals surface area (Å²) in [6, 6.07) is 8.25. The number of rotatable bonds is 3. The highest BCUT2D eigenvalue weighted by Crippen LogP contribution is 2.39. The van der Waals surface area contributed by atoms with E-state index in [1.807, 2.05) is 17.0 Å². The lowest BCUT2D eigenvalue weighted by atomic mass is 9.77. The molecule has 3 nitrogen and oxygen atoms in total. The number of fused-ring (bicyclic) bond motifs is 1. The van der Waals surface area contributed by atoms with Crippen molar-refractivity contribution in [2.24, 2.45) is 5.41 Å². The fourth-order valence-corrected chi connectivity index (χ4v) is 3.73. The van der Waals surface area contributed by atoms with Gasteiger partial charge in [-0.05, 0) is 41.9 Å². The number of aliphatic hydroxyl groups excluding tert-OH is 1. The first kappa shape index (κ1) is 15.3. The Morgan fingerprint density at radius 2 is 2.00 bits per heavy atom. The van der Waals surface area contributed by atoms with Crippen LogP contribution in [0, 0.1) is 5.41 Å². The first-order valence-electron chi connectivity index (χ1n) is 8.31. The Morgan fingerprint density at radius 1 is 1.32 bits per heavy atom. The highest BCUT2D eigenvalue weighted by atomic mass is 16.3. The fraction of sp³-hybridized carbons (Fsp3) is 0.526. The molecule has 1 aromatic rings. The van der Waals surface area contributed by atoms with Gasteiger partial charge >= 0.3 is 0 Å². The molecule has 22 heavy (non-hydrogen) atoms. The molecule has 1 saturated heterocycles. The number of aliphatic hydroxyl groups is 1. The van der Waals surface area contributed by atoms with E-state index in [1.54, 1.807) is 0 Å². The van der Waals surface area contributed by atoms with Crippen molar-refractivity contribution < 1.29 is 9.90 Å². The number of hydrogen-bond donors (Lipinski definition) is 1. The minimum Gasteiger partial charge on any atom is -0.396 e. The SMILES string of the molecule is CCC1(CO)CCN(C(=O)C2=Cc3ccccc3C2C)CC1. The molecule has 1 fully saturated rings. The summed E-state index contributed by atoms with van der Waals surface area (Å²) in [7, 11) is 0. The van der Waals surface area contributed by atoms with Gasteiger partial charge in [-0.2, -0.15) is 0 Å². The first-order valence-corrected chi connectivity index (χ1v) is 8.31. The predicted octanol–water partition coefficient (Wildman–Crippen LogP) is 3.20. The van der Waals surface area contributed by atoms with Gasteiger partial charge in [0.1, 0.15) is 0 Å². The molecule has 118 valence electrons. The summed E-state index contributed by atoms with van der Waals surface area (Å²) in [5.41, 5.74) is 3.36. The smallest absolute Gasteiger partial charge is 0.250 e. The maximum absolute atomic E-state index is 12.9. The molecule has 0 radical (unpaired) electrons. The molecule has 1 aliphatic carbocycles. The average molecular weight is 299 g/mol. The van der Waals surface area contributed by atoms with Crippen molar-refractivity contribution in [1.82, 2.24) is 4.90 Å². The molecule has 0 saturated carbocycles. The largest absolute Gasteiger partial charge is 0.396 e. The monoisotopic (exact) mass is 299 g/mol. The second-order valence-electron chi connectivity index (χ2n) is 6.75. The van der Waals surface area contributed by atoms with Gasteiger partial charge in [-0.15, -0.1) is 0 Å².